The first-order chi connectivity index (χ1) is 12.1. The van der Waals surface area contributed by atoms with Gasteiger partial charge in [0, 0.05) is 35.8 Å². The van der Waals surface area contributed by atoms with Gasteiger partial charge in [0.05, 0.1) is 5.02 Å². The van der Waals surface area contributed by atoms with Crippen molar-refractivity contribution in [3.63, 3.8) is 0 Å². The molecule has 0 atom stereocenters. The zero-order chi connectivity index (χ0) is 17.7. The van der Waals surface area contributed by atoms with Crippen LogP contribution in [-0.4, -0.2) is 29.9 Å². The van der Waals surface area contributed by atoms with Gasteiger partial charge in [-0.05, 0) is 52.6 Å². The number of rotatable bonds is 4. The maximum atomic E-state index is 6.19. The second-order valence-electron chi connectivity index (χ2n) is 6.05. The summed E-state index contributed by atoms with van der Waals surface area (Å²) < 4.78 is 6.39. The lowest BCUT2D eigenvalue weighted by Crippen LogP contribution is -2.45. The molecule has 0 unspecified atom stereocenters. The Morgan fingerprint density at radius 1 is 1.28 bits per heavy atom. The molecule has 7 heteroatoms. The quantitative estimate of drug-likeness (QED) is 0.684. The Labute approximate surface area is 166 Å². The molecule has 0 bridgehead atoms. The minimum Gasteiger partial charge on any atom is -0.381 e. The van der Waals surface area contributed by atoms with Crippen molar-refractivity contribution in [1.82, 2.24) is 10.3 Å². The van der Waals surface area contributed by atoms with Crippen molar-refractivity contribution in [3.8, 4) is 0 Å². The van der Waals surface area contributed by atoms with E-state index in [1.165, 1.54) is 5.56 Å². The largest absolute Gasteiger partial charge is 0.381 e. The van der Waals surface area contributed by atoms with E-state index in [1.807, 2.05) is 6.07 Å². The summed E-state index contributed by atoms with van der Waals surface area (Å²) in [4.78, 5) is 4.25. The molecule has 1 aliphatic heterocycles. The van der Waals surface area contributed by atoms with E-state index in [0.717, 1.165) is 37.1 Å². The fourth-order valence-corrected chi connectivity index (χ4v) is 3.87. The average molecular weight is 441 g/mol. The molecule has 2 N–H and O–H groups in total. The Bertz CT molecular complexity index is 738. The van der Waals surface area contributed by atoms with Gasteiger partial charge in [-0.25, -0.2) is 4.98 Å². The van der Waals surface area contributed by atoms with Crippen LogP contribution in [0.25, 0.3) is 0 Å². The van der Waals surface area contributed by atoms with Gasteiger partial charge >= 0.3 is 0 Å². The predicted octanol–water partition coefficient (Wildman–Crippen LogP) is 4.53. The molecule has 1 aromatic carbocycles. The third-order valence-electron chi connectivity index (χ3n) is 4.46. The van der Waals surface area contributed by atoms with Gasteiger partial charge in [0.15, 0.2) is 10.9 Å². The van der Waals surface area contributed by atoms with E-state index in [1.54, 1.807) is 12.3 Å². The molecule has 0 radical (unpaired) electrons. The monoisotopic (exact) mass is 439 g/mol. The third kappa shape index (κ3) is 4.70. The minimum atomic E-state index is 0.0161. The fourth-order valence-electron chi connectivity index (χ4n) is 3.03. The normalized spacial score (nSPS) is 16.2. The van der Waals surface area contributed by atoms with E-state index in [4.69, 9.17) is 28.6 Å². The minimum absolute atomic E-state index is 0.0161. The predicted molar refractivity (Wildman–Crippen MR) is 109 cm³/mol. The van der Waals surface area contributed by atoms with Crippen LogP contribution in [0.2, 0.25) is 5.02 Å². The summed E-state index contributed by atoms with van der Waals surface area (Å²) in [5, 5.41) is 7.44. The van der Waals surface area contributed by atoms with Gasteiger partial charge in [0.2, 0.25) is 0 Å². The summed E-state index contributed by atoms with van der Waals surface area (Å²) in [5.74, 6) is 0.545. The molecule has 2 aromatic rings. The highest BCUT2D eigenvalue weighted by molar-refractivity contribution is 9.10. The van der Waals surface area contributed by atoms with Crippen LogP contribution in [0.4, 0.5) is 5.82 Å². The number of pyridine rings is 1. The Morgan fingerprint density at radius 2 is 2.00 bits per heavy atom. The zero-order valence-electron chi connectivity index (χ0n) is 13.6. The number of nitrogens with zero attached hydrogens (tertiary/aromatic N) is 1. The Morgan fingerprint density at radius 3 is 2.68 bits per heavy atom. The zero-order valence-corrected chi connectivity index (χ0v) is 16.8. The summed E-state index contributed by atoms with van der Waals surface area (Å²) in [6.45, 7) is 2.26. The second-order valence-corrected chi connectivity index (χ2v) is 7.78. The molecule has 0 spiro atoms. The topological polar surface area (TPSA) is 46.2 Å². The third-order valence-corrected chi connectivity index (χ3v) is 5.43. The molecule has 1 saturated heterocycles. The Balaban J connectivity index is 1.68. The molecule has 2 heterocycles. The highest BCUT2D eigenvalue weighted by Gasteiger charge is 2.34. The van der Waals surface area contributed by atoms with Crippen molar-refractivity contribution in [2.45, 2.75) is 18.3 Å². The van der Waals surface area contributed by atoms with E-state index in [9.17, 15) is 0 Å². The first-order valence-electron chi connectivity index (χ1n) is 8.08. The first kappa shape index (κ1) is 18.6. The van der Waals surface area contributed by atoms with Gasteiger partial charge in [-0.3, -0.25) is 0 Å². The maximum absolute atomic E-state index is 6.19. The van der Waals surface area contributed by atoms with Crippen molar-refractivity contribution >= 4 is 50.7 Å². The molecule has 0 aliphatic carbocycles. The molecule has 25 heavy (non-hydrogen) atoms. The molecule has 1 fully saturated rings. The number of halogens is 2. The average Bonchev–Trinajstić information content (AvgIpc) is 2.64. The molecule has 4 nitrogen and oxygen atoms in total. The maximum Gasteiger partial charge on any atom is 0.172 e. The van der Waals surface area contributed by atoms with Gasteiger partial charge < -0.3 is 15.4 Å². The number of hydrogen-bond donors (Lipinski definition) is 2. The standard InChI is InChI=1S/C18H19BrClN3OS/c19-14-10-15(20)16(21-11-14)23-17(25)22-12-18(6-8-24-9-7-18)13-4-2-1-3-5-13/h1-5,10-11H,6-9,12H2,(H2,21,22,23,25). The summed E-state index contributed by atoms with van der Waals surface area (Å²) in [6.07, 6.45) is 3.61. The van der Waals surface area contributed by atoms with Crippen LogP contribution in [-0.2, 0) is 10.2 Å². The smallest absolute Gasteiger partial charge is 0.172 e. The second kappa shape index (κ2) is 8.45. The van der Waals surface area contributed by atoms with Crippen molar-refractivity contribution in [2.24, 2.45) is 0 Å². The summed E-state index contributed by atoms with van der Waals surface area (Å²) in [6, 6.07) is 12.3. The first-order valence-corrected chi connectivity index (χ1v) is 9.66. The molecule has 3 rings (SSSR count). The van der Waals surface area contributed by atoms with Crippen LogP contribution >= 0.6 is 39.7 Å². The number of anilines is 1. The lowest BCUT2D eigenvalue weighted by Gasteiger charge is -2.38. The fraction of sp³-hybridized carbons (Fsp3) is 0.333. The summed E-state index contributed by atoms with van der Waals surface area (Å²) in [5.41, 5.74) is 1.33. The number of thiocarbonyl (C=S) groups is 1. The van der Waals surface area contributed by atoms with Crippen LogP contribution in [0.15, 0.2) is 47.1 Å². The van der Waals surface area contributed by atoms with Crippen LogP contribution in [0.1, 0.15) is 18.4 Å². The summed E-state index contributed by atoms with van der Waals surface area (Å²) in [7, 11) is 0. The van der Waals surface area contributed by atoms with E-state index in [0.29, 0.717) is 16.0 Å². The highest BCUT2D eigenvalue weighted by atomic mass is 79.9. The molecule has 132 valence electrons. The number of ether oxygens (including phenoxy) is 1. The van der Waals surface area contributed by atoms with Crippen LogP contribution in [0.3, 0.4) is 0 Å². The molecular weight excluding hydrogens is 422 g/mol. The van der Waals surface area contributed by atoms with Crippen molar-refractivity contribution in [2.75, 3.05) is 25.1 Å². The Hall–Kier alpha value is -1.21. The van der Waals surface area contributed by atoms with Gasteiger partial charge in [-0.15, -0.1) is 0 Å². The lowest BCUT2D eigenvalue weighted by atomic mass is 9.74. The van der Waals surface area contributed by atoms with Gasteiger partial charge in [-0.1, -0.05) is 41.9 Å². The number of nitrogens with one attached hydrogen (secondary N) is 2. The van der Waals surface area contributed by atoms with E-state index in [2.05, 4.69) is 55.8 Å². The van der Waals surface area contributed by atoms with E-state index < -0.39 is 0 Å². The number of hydrogen-bond acceptors (Lipinski definition) is 3. The van der Waals surface area contributed by atoms with Crippen molar-refractivity contribution in [1.29, 1.82) is 0 Å². The van der Waals surface area contributed by atoms with E-state index >= 15 is 0 Å². The molecule has 0 amide bonds. The molecule has 1 aromatic heterocycles. The van der Waals surface area contributed by atoms with Gasteiger partial charge in [0.1, 0.15) is 0 Å². The van der Waals surface area contributed by atoms with Crippen LogP contribution < -0.4 is 10.6 Å². The van der Waals surface area contributed by atoms with E-state index in [-0.39, 0.29) is 5.41 Å². The van der Waals surface area contributed by atoms with Gasteiger partial charge in [0.25, 0.3) is 0 Å². The van der Waals surface area contributed by atoms with Crippen LogP contribution in [0.5, 0.6) is 0 Å². The van der Waals surface area contributed by atoms with Gasteiger partial charge in [-0.2, -0.15) is 0 Å². The highest BCUT2D eigenvalue weighted by Crippen LogP contribution is 2.34. The van der Waals surface area contributed by atoms with Crippen molar-refractivity contribution in [3.05, 3.63) is 57.7 Å². The number of aromatic nitrogens is 1. The number of benzene rings is 1. The molecule has 0 saturated carbocycles. The molecule has 1 aliphatic rings. The lowest BCUT2D eigenvalue weighted by molar-refractivity contribution is 0.0515. The van der Waals surface area contributed by atoms with Crippen molar-refractivity contribution < 1.29 is 4.74 Å². The summed E-state index contributed by atoms with van der Waals surface area (Å²) >= 11 is 15.0. The van der Waals surface area contributed by atoms with Crippen LogP contribution in [0, 0.1) is 0 Å². The molecular formula is C18H19BrClN3OS. The Kier molecular flexibility index (Phi) is 6.28. The SMILES string of the molecule is S=C(NCC1(c2ccccc2)CCOCC1)Nc1ncc(Br)cc1Cl.